The Morgan fingerprint density at radius 3 is 2.90 bits per heavy atom. The molecule has 1 fully saturated rings. The highest BCUT2D eigenvalue weighted by Gasteiger charge is 2.30. The molecular formula is C18H25NS. The molecule has 0 aliphatic heterocycles. The van der Waals surface area contributed by atoms with Gasteiger partial charge in [-0.25, -0.2) is 0 Å². The van der Waals surface area contributed by atoms with Crippen LogP contribution in [-0.2, 0) is 6.42 Å². The molecule has 1 aromatic carbocycles. The van der Waals surface area contributed by atoms with E-state index in [1.165, 1.54) is 41.3 Å². The highest BCUT2D eigenvalue weighted by molar-refractivity contribution is 7.17. The smallest absolute Gasteiger partial charge is 0.0345 e. The number of hydrogen-bond acceptors (Lipinski definition) is 2. The number of rotatable bonds is 5. The molecule has 0 radical (unpaired) electrons. The molecule has 1 aliphatic carbocycles. The summed E-state index contributed by atoms with van der Waals surface area (Å²) in [6.45, 7) is 5.75. The number of benzene rings is 1. The molecule has 2 aromatic rings. The summed E-state index contributed by atoms with van der Waals surface area (Å²) in [6.07, 6.45) is 5.42. The molecule has 3 rings (SSSR count). The SMILES string of the molecule is CCNC(Cc1csc2ccccc12)C1CCCC1C. The van der Waals surface area contributed by atoms with E-state index in [1.54, 1.807) is 0 Å². The highest BCUT2D eigenvalue weighted by Crippen LogP contribution is 2.36. The van der Waals surface area contributed by atoms with Gasteiger partial charge in [0, 0.05) is 10.7 Å². The molecular weight excluding hydrogens is 262 g/mol. The molecule has 20 heavy (non-hydrogen) atoms. The Labute approximate surface area is 126 Å². The van der Waals surface area contributed by atoms with E-state index in [1.807, 2.05) is 11.3 Å². The lowest BCUT2D eigenvalue weighted by Gasteiger charge is -2.27. The molecule has 0 amide bonds. The van der Waals surface area contributed by atoms with Gasteiger partial charge in [0.25, 0.3) is 0 Å². The van der Waals surface area contributed by atoms with E-state index < -0.39 is 0 Å². The second kappa shape index (κ2) is 6.28. The van der Waals surface area contributed by atoms with Crippen LogP contribution in [-0.4, -0.2) is 12.6 Å². The van der Waals surface area contributed by atoms with Crippen molar-refractivity contribution in [3.63, 3.8) is 0 Å². The standard InChI is InChI=1S/C18H25NS/c1-3-19-17(15-9-6-7-13(15)2)11-14-12-20-18-10-5-4-8-16(14)18/h4-5,8,10,12-13,15,17,19H,3,6-7,9,11H2,1-2H3. The Balaban J connectivity index is 1.82. The van der Waals surface area contributed by atoms with Crippen LogP contribution in [0.4, 0.5) is 0 Å². The minimum atomic E-state index is 0.649. The van der Waals surface area contributed by atoms with Crippen LogP contribution in [0.15, 0.2) is 29.6 Å². The lowest BCUT2D eigenvalue weighted by Crippen LogP contribution is -2.39. The van der Waals surface area contributed by atoms with Crippen LogP contribution in [0.3, 0.4) is 0 Å². The zero-order valence-electron chi connectivity index (χ0n) is 12.6. The maximum atomic E-state index is 3.76. The zero-order valence-corrected chi connectivity index (χ0v) is 13.4. The van der Waals surface area contributed by atoms with Gasteiger partial charge in [-0.2, -0.15) is 0 Å². The summed E-state index contributed by atoms with van der Waals surface area (Å²) in [7, 11) is 0. The van der Waals surface area contributed by atoms with Gasteiger partial charge in [0.2, 0.25) is 0 Å². The molecule has 1 aromatic heterocycles. The van der Waals surface area contributed by atoms with Gasteiger partial charge in [0.1, 0.15) is 0 Å². The van der Waals surface area contributed by atoms with Gasteiger partial charge in [-0.1, -0.05) is 44.9 Å². The number of fused-ring (bicyclic) bond motifs is 1. The fraction of sp³-hybridized carbons (Fsp3) is 0.556. The van der Waals surface area contributed by atoms with Crippen molar-refractivity contribution in [1.82, 2.24) is 5.32 Å². The van der Waals surface area contributed by atoms with Crippen molar-refractivity contribution in [3.8, 4) is 0 Å². The molecule has 0 saturated heterocycles. The number of likely N-dealkylation sites (N-methyl/N-ethyl adjacent to an activating group) is 1. The maximum Gasteiger partial charge on any atom is 0.0345 e. The molecule has 3 atom stereocenters. The first-order valence-corrected chi connectivity index (χ1v) is 8.86. The summed E-state index contributed by atoms with van der Waals surface area (Å²) in [5.74, 6) is 1.73. The van der Waals surface area contributed by atoms with Crippen molar-refractivity contribution in [3.05, 3.63) is 35.2 Å². The number of thiophene rings is 1. The first kappa shape index (κ1) is 14.1. The topological polar surface area (TPSA) is 12.0 Å². The monoisotopic (exact) mass is 287 g/mol. The van der Waals surface area contributed by atoms with E-state index in [0.717, 1.165) is 18.4 Å². The first-order valence-electron chi connectivity index (χ1n) is 7.98. The van der Waals surface area contributed by atoms with E-state index >= 15 is 0 Å². The molecule has 3 unspecified atom stereocenters. The summed E-state index contributed by atoms with van der Waals surface area (Å²) in [5, 5.41) is 7.60. The fourth-order valence-corrected chi connectivity index (χ4v) is 4.81. The van der Waals surface area contributed by atoms with E-state index in [2.05, 4.69) is 48.8 Å². The average molecular weight is 287 g/mol. The maximum absolute atomic E-state index is 3.76. The molecule has 2 heteroatoms. The van der Waals surface area contributed by atoms with Gasteiger partial charge in [0.15, 0.2) is 0 Å². The van der Waals surface area contributed by atoms with Crippen LogP contribution in [0.25, 0.3) is 10.1 Å². The average Bonchev–Trinajstić information content (AvgIpc) is 3.05. The summed E-state index contributed by atoms with van der Waals surface area (Å²) in [6, 6.07) is 9.48. The van der Waals surface area contributed by atoms with Crippen LogP contribution in [0.5, 0.6) is 0 Å². The lowest BCUT2D eigenvalue weighted by atomic mass is 9.86. The molecule has 0 bridgehead atoms. The Morgan fingerprint density at radius 1 is 1.30 bits per heavy atom. The Bertz CT molecular complexity index is 559. The lowest BCUT2D eigenvalue weighted by molar-refractivity contribution is 0.299. The second-order valence-corrected chi connectivity index (χ2v) is 7.11. The normalized spacial score (nSPS) is 24.3. The van der Waals surface area contributed by atoms with Gasteiger partial charge >= 0.3 is 0 Å². The van der Waals surface area contributed by atoms with Crippen molar-refractivity contribution >= 4 is 21.4 Å². The van der Waals surface area contributed by atoms with Crippen LogP contribution in [0.2, 0.25) is 0 Å². The van der Waals surface area contributed by atoms with Crippen LogP contribution >= 0.6 is 11.3 Å². The van der Waals surface area contributed by atoms with E-state index in [4.69, 9.17) is 0 Å². The van der Waals surface area contributed by atoms with Gasteiger partial charge in [-0.15, -0.1) is 11.3 Å². The van der Waals surface area contributed by atoms with Crippen LogP contribution in [0.1, 0.15) is 38.7 Å². The predicted octanol–water partition coefficient (Wildman–Crippen LogP) is 4.86. The summed E-state index contributed by atoms with van der Waals surface area (Å²) in [4.78, 5) is 0. The third-order valence-electron chi connectivity index (χ3n) is 4.91. The van der Waals surface area contributed by atoms with Crippen molar-refractivity contribution in [2.45, 2.75) is 45.6 Å². The number of hydrogen-bond donors (Lipinski definition) is 1. The van der Waals surface area contributed by atoms with Crippen molar-refractivity contribution < 1.29 is 0 Å². The van der Waals surface area contributed by atoms with Gasteiger partial charge in [-0.3, -0.25) is 0 Å². The summed E-state index contributed by atoms with van der Waals surface area (Å²) in [5.41, 5.74) is 1.54. The highest BCUT2D eigenvalue weighted by atomic mass is 32.1. The number of nitrogens with one attached hydrogen (secondary N) is 1. The minimum absolute atomic E-state index is 0.649. The van der Waals surface area contributed by atoms with E-state index in [-0.39, 0.29) is 0 Å². The zero-order chi connectivity index (χ0) is 13.9. The molecule has 1 saturated carbocycles. The van der Waals surface area contributed by atoms with Crippen LogP contribution in [0, 0.1) is 11.8 Å². The molecule has 1 N–H and O–H groups in total. The van der Waals surface area contributed by atoms with Crippen molar-refractivity contribution in [2.75, 3.05) is 6.54 Å². The minimum Gasteiger partial charge on any atom is -0.314 e. The van der Waals surface area contributed by atoms with Gasteiger partial charge in [0.05, 0.1) is 0 Å². The Hall–Kier alpha value is -0.860. The quantitative estimate of drug-likeness (QED) is 0.828. The summed E-state index contributed by atoms with van der Waals surface area (Å²) >= 11 is 1.89. The van der Waals surface area contributed by atoms with Crippen molar-refractivity contribution in [1.29, 1.82) is 0 Å². The molecule has 108 valence electrons. The van der Waals surface area contributed by atoms with Gasteiger partial charge < -0.3 is 5.32 Å². The van der Waals surface area contributed by atoms with Crippen molar-refractivity contribution in [2.24, 2.45) is 11.8 Å². The van der Waals surface area contributed by atoms with Gasteiger partial charge in [-0.05, 0) is 53.6 Å². The second-order valence-electron chi connectivity index (χ2n) is 6.20. The first-order chi connectivity index (χ1) is 9.79. The third-order valence-corrected chi connectivity index (χ3v) is 5.92. The summed E-state index contributed by atoms with van der Waals surface area (Å²) < 4.78 is 1.43. The predicted molar refractivity (Wildman–Crippen MR) is 89.5 cm³/mol. The molecule has 0 spiro atoms. The Morgan fingerprint density at radius 2 is 2.15 bits per heavy atom. The molecule has 1 heterocycles. The fourth-order valence-electron chi connectivity index (χ4n) is 3.84. The van der Waals surface area contributed by atoms with Crippen LogP contribution < -0.4 is 5.32 Å². The molecule has 1 aliphatic rings. The largest absolute Gasteiger partial charge is 0.314 e. The third kappa shape index (κ3) is 2.77. The van der Waals surface area contributed by atoms with E-state index in [9.17, 15) is 0 Å². The Kier molecular flexibility index (Phi) is 4.42. The molecule has 1 nitrogen and oxygen atoms in total. The van der Waals surface area contributed by atoms with E-state index in [0.29, 0.717) is 6.04 Å².